The van der Waals surface area contributed by atoms with Crippen molar-refractivity contribution in [3.05, 3.63) is 46.2 Å². The standard InChI is InChI=1S/C20H21F2N5O4S/c1-10-17(18(28)27(2)3)32-20(25-10)26-19-23-7-11(8-24-19)31-9-12-15(21)13(29-4)6-14(30-5)16(12)22/h6-8H,9H2,1-5H3,(H,23,24,25,26). The summed E-state index contributed by atoms with van der Waals surface area (Å²) in [6.07, 6.45) is 2.68. The summed E-state index contributed by atoms with van der Waals surface area (Å²) < 4.78 is 44.1. The van der Waals surface area contributed by atoms with Crippen LogP contribution in [0.5, 0.6) is 17.2 Å². The van der Waals surface area contributed by atoms with Gasteiger partial charge in [-0.25, -0.2) is 23.7 Å². The molecule has 0 radical (unpaired) electrons. The minimum Gasteiger partial charge on any atom is -0.494 e. The van der Waals surface area contributed by atoms with Crippen molar-refractivity contribution >= 4 is 28.3 Å². The fourth-order valence-corrected chi connectivity index (χ4v) is 3.60. The van der Waals surface area contributed by atoms with Crippen molar-refractivity contribution in [3.63, 3.8) is 0 Å². The smallest absolute Gasteiger partial charge is 0.265 e. The molecule has 3 aromatic rings. The van der Waals surface area contributed by atoms with Gasteiger partial charge < -0.3 is 24.4 Å². The Bertz CT molecular complexity index is 1090. The van der Waals surface area contributed by atoms with Crippen molar-refractivity contribution < 1.29 is 27.8 Å². The molecular weight excluding hydrogens is 444 g/mol. The van der Waals surface area contributed by atoms with E-state index in [0.29, 0.717) is 15.7 Å². The third kappa shape index (κ3) is 4.85. The molecule has 12 heteroatoms. The molecule has 1 amide bonds. The first-order valence-corrected chi connectivity index (χ1v) is 10.1. The fourth-order valence-electron chi connectivity index (χ4n) is 2.62. The average Bonchev–Trinajstić information content (AvgIpc) is 3.14. The number of nitrogens with zero attached hydrogens (tertiary/aromatic N) is 4. The summed E-state index contributed by atoms with van der Waals surface area (Å²) in [6, 6.07) is 1.12. The minimum absolute atomic E-state index is 0.147. The number of anilines is 2. The van der Waals surface area contributed by atoms with Crippen LogP contribution in [0.15, 0.2) is 18.5 Å². The number of ether oxygens (including phenoxy) is 3. The number of aryl methyl sites for hydroxylation is 1. The van der Waals surface area contributed by atoms with Gasteiger partial charge in [0.25, 0.3) is 5.91 Å². The largest absolute Gasteiger partial charge is 0.494 e. The molecule has 3 rings (SSSR count). The zero-order valence-corrected chi connectivity index (χ0v) is 18.8. The van der Waals surface area contributed by atoms with Crippen LogP contribution in [0.4, 0.5) is 19.9 Å². The normalized spacial score (nSPS) is 10.6. The molecule has 2 aromatic heterocycles. The van der Waals surface area contributed by atoms with E-state index < -0.39 is 18.2 Å². The summed E-state index contributed by atoms with van der Waals surface area (Å²) in [4.78, 5) is 26.6. The van der Waals surface area contributed by atoms with Crippen molar-refractivity contribution in [2.75, 3.05) is 33.6 Å². The lowest BCUT2D eigenvalue weighted by molar-refractivity contribution is 0.0831. The first kappa shape index (κ1) is 23.1. The number of nitrogens with one attached hydrogen (secondary N) is 1. The number of halogens is 2. The van der Waals surface area contributed by atoms with E-state index in [9.17, 15) is 13.6 Å². The Morgan fingerprint density at radius 1 is 1.12 bits per heavy atom. The average molecular weight is 465 g/mol. The summed E-state index contributed by atoms with van der Waals surface area (Å²) in [5.74, 6) is -1.83. The van der Waals surface area contributed by atoms with Gasteiger partial charge in [-0.1, -0.05) is 11.3 Å². The topological polar surface area (TPSA) is 98.7 Å². The second kappa shape index (κ2) is 9.73. The Morgan fingerprint density at radius 3 is 2.25 bits per heavy atom. The van der Waals surface area contributed by atoms with Crippen molar-refractivity contribution in [3.8, 4) is 17.2 Å². The monoisotopic (exact) mass is 465 g/mol. The molecule has 0 saturated heterocycles. The van der Waals surface area contributed by atoms with E-state index in [1.54, 1.807) is 21.0 Å². The predicted octanol–water partition coefficient (Wildman–Crippen LogP) is 3.56. The number of carbonyl (C=O) groups is 1. The van der Waals surface area contributed by atoms with Crippen LogP contribution >= 0.6 is 11.3 Å². The number of hydrogen-bond acceptors (Lipinski definition) is 9. The van der Waals surface area contributed by atoms with Gasteiger partial charge >= 0.3 is 0 Å². The van der Waals surface area contributed by atoms with Crippen molar-refractivity contribution in [1.82, 2.24) is 19.9 Å². The van der Waals surface area contributed by atoms with E-state index in [2.05, 4.69) is 20.3 Å². The van der Waals surface area contributed by atoms with Crippen LogP contribution < -0.4 is 19.5 Å². The van der Waals surface area contributed by atoms with Gasteiger partial charge in [-0.15, -0.1) is 0 Å². The quantitative estimate of drug-likeness (QED) is 0.539. The Kier molecular flexibility index (Phi) is 7.03. The first-order valence-electron chi connectivity index (χ1n) is 9.24. The van der Waals surface area contributed by atoms with Crippen LogP contribution in [0.2, 0.25) is 0 Å². The maximum atomic E-state index is 14.4. The second-order valence-electron chi connectivity index (χ2n) is 6.68. The first-order chi connectivity index (χ1) is 15.2. The van der Waals surface area contributed by atoms with Gasteiger partial charge in [-0.2, -0.15) is 0 Å². The Hall–Kier alpha value is -3.54. The van der Waals surface area contributed by atoms with Crippen LogP contribution in [0.3, 0.4) is 0 Å². The summed E-state index contributed by atoms with van der Waals surface area (Å²) in [6.45, 7) is 1.31. The lowest BCUT2D eigenvalue weighted by Crippen LogP contribution is -2.21. The van der Waals surface area contributed by atoms with Crippen molar-refractivity contribution in [2.45, 2.75) is 13.5 Å². The van der Waals surface area contributed by atoms with Gasteiger partial charge in [0, 0.05) is 20.2 Å². The van der Waals surface area contributed by atoms with Crippen LogP contribution in [-0.2, 0) is 6.61 Å². The highest BCUT2D eigenvalue weighted by Crippen LogP contribution is 2.32. The molecule has 0 aliphatic heterocycles. The maximum Gasteiger partial charge on any atom is 0.265 e. The zero-order chi connectivity index (χ0) is 23.4. The molecule has 0 saturated carbocycles. The molecule has 32 heavy (non-hydrogen) atoms. The molecule has 1 N–H and O–H groups in total. The number of rotatable bonds is 8. The summed E-state index contributed by atoms with van der Waals surface area (Å²) in [7, 11) is 5.86. The molecule has 0 fully saturated rings. The molecule has 2 heterocycles. The SMILES string of the molecule is COc1cc(OC)c(F)c(COc2cnc(Nc3nc(C)c(C(=O)N(C)C)s3)nc2)c1F. The fraction of sp³-hybridized carbons (Fsp3) is 0.300. The zero-order valence-electron chi connectivity index (χ0n) is 18.0. The third-order valence-electron chi connectivity index (χ3n) is 4.29. The van der Waals surface area contributed by atoms with E-state index in [0.717, 1.165) is 6.07 Å². The summed E-state index contributed by atoms with van der Waals surface area (Å²) >= 11 is 1.18. The highest BCUT2D eigenvalue weighted by atomic mass is 32.1. The predicted molar refractivity (Wildman–Crippen MR) is 114 cm³/mol. The number of amides is 1. The maximum absolute atomic E-state index is 14.4. The molecule has 0 bridgehead atoms. The molecule has 0 spiro atoms. The van der Waals surface area contributed by atoms with Crippen LogP contribution in [0.25, 0.3) is 0 Å². The lowest BCUT2D eigenvalue weighted by Gasteiger charge is -2.13. The van der Waals surface area contributed by atoms with Gasteiger partial charge in [0.05, 0.1) is 37.9 Å². The summed E-state index contributed by atoms with van der Waals surface area (Å²) in [5, 5.41) is 3.37. The van der Waals surface area contributed by atoms with Gasteiger partial charge in [0.2, 0.25) is 5.95 Å². The highest BCUT2D eigenvalue weighted by Gasteiger charge is 2.21. The molecule has 9 nitrogen and oxygen atoms in total. The highest BCUT2D eigenvalue weighted by molar-refractivity contribution is 7.17. The lowest BCUT2D eigenvalue weighted by atomic mass is 10.1. The Balaban J connectivity index is 1.70. The van der Waals surface area contributed by atoms with Gasteiger partial charge in [-0.3, -0.25) is 4.79 Å². The molecule has 1 aromatic carbocycles. The minimum atomic E-state index is -0.882. The van der Waals surface area contributed by atoms with Crippen LogP contribution in [0.1, 0.15) is 20.9 Å². The molecule has 0 aliphatic carbocycles. The molecule has 170 valence electrons. The molecule has 0 aliphatic rings. The van der Waals surface area contributed by atoms with Crippen LogP contribution in [-0.4, -0.2) is 54.1 Å². The number of benzene rings is 1. The van der Waals surface area contributed by atoms with E-state index in [-0.39, 0.29) is 34.7 Å². The van der Waals surface area contributed by atoms with E-state index in [1.165, 1.54) is 42.8 Å². The van der Waals surface area contributed by atoms with E-state index in [1.807, 2.05) is 0 Å². The van der Waals surface area contributed by atoms with Gasteiger partial charge in [-0.05, 0) is 6.92 Å². The number of thiazole rings is 1. The van der Waals surface area contributed by atoms with Crippen molar-refractivity contribution in [2.24, 2.45) is 0 Å². The number of carbonyl (C=O) groups excluding carboxylic acids is 1. The van der Waals surface area contributed by atoms with Gasteiger partial charge in [0.15, 0.2) is 34.0 Å². The van der Waals surface area contributed by atoms with Crippen LogP contribution in [0, 0.1) is 18.6 Å². The Labute approximate surface area is 187 Å². The third-order valence-corrected chi connectivity index (χ3v) is 5.35. The number of aromatic nitrogens is 3. The molecule has 0 atom stereocenters. The van der Waals surface area contributed by atoms with Gasteiger partial charge in [0.1, 0.15) is 11.5 Å². The Morgan fingerprint density at radius 2 is 1.72 bits per heavy atom. The van der Waals surface area contributed by atoms with E-state index >= 15 is 0 Å². The number of methoxy groups -OCH3 is 2. The van der Waals surface area contributed by atoms with E-state index in [4.69, 9.17) is 14.2 Å². The second-order valence-corrected chi connectivity index (χ2v) is 7.68. The van der Waals surface area contributed by atoms with Crippen molar-refractivity contribution in [1.29, 1.82) is 0 Å². The molecular formula is C20H21F2N5O4S. The molecule has 0 unspecified atom stereocenters. The summed E-state index contributed by atoms with van der Waals surface area (Å²) in [5.41, 5.74) is 0.244. The number of hydrogen-bond donors (Lipinski definition) is 1.